The van der Waals surface area contributed by atoms with Crippen molar-refractivity contribution in [3.63, 3.8) is 0 Å². The van der Waals surface area contributed by atoms with Crippen molar-refractivity contribution in [2.45, 2.75) is 45.5 Å². The van der Waals surface area contributed by atoms with Crippen LogP contribution in [-0.2, 0) is 17.5 Å². The number of rotatable bonds is 7. The van der Waals surface area contributed by atoms with Crippen molar-refractivity contribution >= 4 is 5.91 Å². The van der Waals surface area contributed by atoms with Crippen molar-refractivity contribution in [3.05, 3.63) is 18.0 Å². The van der Waals surface area contributed by atoms with E-state index in [1.54, 1.807) is 0 Å². The molecule has 1 amide bonds. The van der Waals surface area contributed by atoms with Gasteiger partial charge in [-0.05, 0) is 18.9 Å². The predicted octanol–water partition coefficient (Wildman–Crippen LogP) is 1.91. The van der Waals surface area contributed by atoms with Gasteiger partial charge in [-0.2, -0.15) is 18.3 Å². The maximum atomic E-state index is 12.5. The molecular weight excluding hydrogens is 287 g/mol. The third-order valence-electron chi connectivity index (χ3n) is 3.27. The monoisotopic (exact) mass is 307 g/mol. The van der Waals surface area contributed by atoms with Crippen LogP contribution in [0.1, 0.15) is 32.4 Å². The first kappa shape index (κ1) is 17.5. The van der Waals surface area contributed by atoms with E-state index in [9.17, 15) is 18.0 Å². The number of aliphatic hydroxyl groups excluding tert-OH is 1. The van der Waals surface area contributed by atoms with Crippen LogP contribution in [0.4, 0.5) is 13.2 Å². The molecule has 0 saturated carbocycles. The van der Waals surface area contributed by atoms with Crippen LogP contribution in [-0.4, -0.2) is 44.9 Å². The summed E-state index contributed by atoms with van der Waals surface area (Å²) in [4.78, 5) is 13.7. The van der Waals surface area contributed by atoms with Gasteiger partial charge in [0.1, 0.15) is 6.54 Å². The highest BCUT2D eigenvalue weighted by Crippen LogP contribution is 2.27. The molecule has 1 aromatic rings. The first-order chi connectivity index (χ1) is 9.83. The summed E-state index contributed by atoms with van der Waals surface area (Å²) < 4.78 is 38.3. The van der Waals surface area contributed by atoms with Gasteiger partial charge in [0.05, 0.1) is 6.61 Å². The third-order valence-corrected chi connectivity index (χ3v) is 3.27. The minimum Gasteiger partial charge on any atom is -0.395 e. The van der Waals surface area contributed by atoms with E-state index < -0.39 is 11.9 Å². The summed E-state index contributed by atoms with van der Waals surface area (Å²) in [5.74, 6) is -0.352. The van der Waals surface area contributed by atoms with Crippen molar-refractivity contribution in [2.24, 2.45) is 0 Å². The van der Waals surface area contributed by atoms with Crippen LogP contribution in [0.5, 0.6) is 0 Å². The van der Waals surface area contributed by atoms with Crippen LogP contribution < -0.4 is 0 Å². The zero-order valence-corrected chi connectivity index (χ0v) is 12.1. The molecule has 0 aliphatic carbocycles. The molecule has 0 aromatic carbocycles. The molecule has 0 unspecified atom stereocenters. The number of hydrogen-bond acceptors (Lipinski definition) is 3. The van der Waals surface area contributed by atoms with E-state index in [0.717, 1.165) is 29.8 Å². The predicted molar refractivity (Wildman–Crippen MR) is 70.4 cm³/mol. The van der Waals surface area contributed by atoms with Crippen LogP contribution in [0.25, 0.3) is 0 Å². The molecule has 0 aliphatic heterocycles. The molecule has 0 spiro atoms. The highest BCUT2D eigenvalue weighted by atomic mass is 19.4. The van der Waals surface area contributed by atoms with Gasteiger partial charge in [-0.25, -0.2) is 0 Å². The number of carbonyl (C=O) groups excluding carboxylic acids is 1. The zero-order chi connectivity index (χ0) is 16.0. The fraction of sp³-hybridized carbons (Fsp3) is 0.692. The molecule has 1 aromatic heterocycles. The molecule has 0 atom stereocenters. The number of nitrogens with zero attached hydrogens (tertiary/aromatic N) is 3. The van der Waals surface area contributed by atoms with Gasteiger partial charge in [-0.15, -0.1) is 0 Å². The van der Waals surface area contributed by atoms with E-state index in [2.05, 4.69) is 5.10 Å². The number of carbonyl (C=O) groups is 1. The van der Waals surface area contributed by atoms with E-state index in [1.807, 2.05) is 13.8 Å². The van der Waals surface area contributed by atoms with E-state index in [1.165, 1.54) is 4.90 Å². The van der Waals surface area contributed by atoms with Gasteiger partial charge >= 0.3 is 6.18 Å². The Balaban J connectivity index is 2.79. The largest absolute Gasteiger partial charge is 0.435 e. The van der Waals surface area contributed by atoms with Crippen LogP contribution in [0.2, 0.25) is 0 Å². The van der Waals surface area contributed by atoms with Gasteiger partial charge in [0.2, 0.25) is 5.91 Å². The lowest BCUT2D eigenvalue weighted by atomic mass is 10.1. The fourth-order valence-corrected chi connectivity index (χ4v) is 2.18. The molecule has 0 fully saturated rings. The Bertz CT molecular complexity index is 456. The number of alkyl halides is 3. The Morgan fingerprint density at radius 2 is 2.05 bits per heavy atom. The summed E-state index contributed by atoms with van der Waals surface area (Å²) in [5.41, 5.74) is -1.02. The van der Waals surface area contributed by atoms with Gasteiger partial charge < -0.3 is 10.0 Å². The van der Waals surface area contributed by atoms with E-state index >= 15 is 0 Å². The second-order valence-electron chi connectivity index (χ2n) is 4.68. The summed E-state index contributed by atoms with van der Waals surface area (Å²) in [6.45, 7) is 3.54. The number of halogens is 3. The smallest absolute Gasteiger partial charge is 0.395 e. The summed E-state index contributed by atoms with van der Waals surface area (Å²) in [7, 11) is 0. The Hall–Kier alpha value is -1.57. The SMILES string of the molecule is CCC(CC)N(CCO)C(=O)Cn1ccc(C(F)(F)F)n1. The average molecular weight is 307 g/mol. The second kappa shape index (κ2) is 7.44. The van der Waals surface area contributed by atoms with Crippen molar-refractivity contribution in [1.29, 1.82) is 0 Å². The molecule has 0 saturated heterocycles. The lowest BCUT2D eigenvalue weighted by molar-refractivity contribution is -0.142. The Kier molecular flexibility index (Phi) is 6.19. The zero-order valence-electron chi connectivity index (χ0n) is 12.1. The Morgan fingerprint density at radius 1 is 1.43 bits per heavy atom. The molecule has 1 N–H and O–H groups in total. The van der Waals surface area contributed by atoms with Gasteiger partial charge in [0, 0.05) is 18.8 Å². The van der Waals surface area contributed by atoms with Crippen molar-refractivity contribution in [3.8, 4) is 0 Å². The summed E-state index contributed by atoms with van der Waals surface area (Å²) >= 11 is 0. The van der Waals surface area contributed by atoms with E-state index in [4.69, 9.17) is 5.11 Å². The summed E-state index contributed by atoms with van der Waals surface area (Å²) in [6, 6.07) is 0.795. The molecular formula is C13H20F3N3O2. The van der Waals surface area contributed by atoms with Gasteiger partial charge in [-0.3, -0.25) is 9.48 Å². The highest BCUT2D eigenvalue weighted by Gasteiger charge is 2.33. The quantitative estimate of drug-likeness (QED) is 0.837. The molecule has 0 aliphatic rings. The number of amides is 1. The summed E-state index contributed by atoms with van der Waals surface area (Å²) in [6.07, 6.45) is -1.95. The molecule has 8 heteroatoms. The second-order valence-corrected chi connectivity index (χ2v) is 4.68. The van der Waals surface area contributed by atoms with Gasteiger partial charge in [0.25, 0.3) is 0 Å². The maximum Gasteiger partial charge on any atom is 0.435 e. The lowest BCUT2D eigenvalue weighted by Crippen LogP contribution is -2.43. The van der Waals surface area contributed by atoms with Crippen LogP contribution in [0.3, 0.4) is 0 Å². The Labute approximate surface area is 121 Å². The molecule has 0 radical (unpaired) electrons. The lowest BCUT2D eigenvalue weighted by Gasteiger charge is -2.30. The van der Waals surface area contributed by atoms with Gasteiger partial charge in [-0.1, -0.05) is 13.8 Å². The van der Waals surface area contributed by atoms with Crippen LogP contribution >= 0.6 is 0 Å². The standard InChI is InChI=1S/C13H20F3N3O2/c1-3-10(4-2)19(7-8-20)12(21)9-18-6-5-11(17-18)13(14,15)16/h5-6,10,20H,3-4,7-9H2,1-2H3. The topological polar surface area (TPSA) is 58.4 Å². The molecule has 5 nitrogen and oxygen atoms in total. The fourth-order valence-electron chi connectivity index (χ4n) is 2.18. The van der Waals surface area contributed by atoms with E-state index in [-0.39, 0.29) is 31.6 Å². The number of aliphatic hydroxyl groups is 1. The molecule has 0 bridgehead atoms. The van der Waals surface area contributed by atoms with Crippen LogP contribution in [0, 0.1) is 0 Å². The first-order valence-corrected chi connectivity index (χ1v) is 6.84. The molecule has 21 heavy (non-hydrogen) atoms. The number of aromatic nitrogens is 2. The van der Waals surface area contributed by atoms with Crippen molar-refractivity contribution in [2.75, 3.05) is 13.2 Å². The van der Waals surface area contributed by atoms with Gasteiger partial charge in [0.15, 0.2) is 5.69 Å². The minimum absolute atomic E-state index is 0.0395. The van der Waals surface area contributed by atoms with Crippen molar-refractivity contribution in [1.82, 2.24) is 14.7 Å². The third kappa shape index (κ3) is 4.73. The minimum atomic E-state index is -4.52. The maximum absolute atomic E-state index is 12.5. The summed E-state index contributed by atoms with van der Waals surface area (Å²) in [5, 5.41) is 12.4. The molecule has 1 heterocycles. The average Bonchev–Trinajstić information content (AvgIpc) is 2.87. The van der Waals surface area contributed by atoms with Crippen molar-refractivity contribution < 1.29 is 23.1 Å². The first-order valence-electron chi connectivity index (χ1n) is 6.84. The van der Waals surface area contributed by atoms with E-state index in [0.29, 0.717) is 0 Å². The number of hydrogen-bond donors (Lipinski definition) is 1. The van der Waals surface area contributed by atoms with Crippen LogP contribution in [0.15, 0.2) is 12.3 Å². The normalized spacial score (nSPS) is 12.0. The molecule has 1 rings (SSSR count). The Morgan fingerprint density at radius 3 is 2.48 bits per heavy atom. The highest BCUT2D eigenvalue weighted by molar-refractivity contribution is 5.76. The molecule has 120 valence electrons.